The Morgan fingerprint density at radius 2 is 0.924 bits per heavy atom. The molecule has 1 aliphatic heterocycles. The first-order valence-corrected chi connectivity index (χ1v) is 23.3. The van der Waals surface area contributed by atoms with Crippen molar-refractivity contribution < 1.29 is 9.59 Å². The van der Waals surface area contributed by atoms with Gasteiger partial charge in [-0.15, -0.1) is 0 Å². The molecule has 0 saturated carbocycles. The predicted molar refractivity (Wildman–Crippen MR) is 264 cm³/mol. The van der Waals surface area contributed by atoms with E-state index in [1.54, 1.807) is 33.3 Å². The molecule has 1 fully saturated rings. The van der Waals surface area contributed by atoms with Crippen LogP contribution in [0.4, 0.5) is 34.4 Å². The van der Waals surface area contributed by atoms with Crippen molar-refractivity contribution in [3.05, 3.63) is 144 Å². The molecule has 9 rings (SSSR count). The molecular formula is C50H48N12O2S2. The lowest BCUT2D eigenvalue weighted by Gasteiger charge is -2.35. The third-order valence-electron chi connectivity index (χ3n) is 11.2. The van der Waals surface area contributed by atoms with Gasteiger partial charge in [-0.3, -0.25) is 9.59 Å². The largest absolute Gasteiger partial charge is 0.399 e. The summed E-state index contributed by atoms with van der Waals surface area (Å²) in [5.41, 5.74) is 18.8. The highest BCUT2D eigenvalue weighted by atomic mass is 32.2. The Morgan fingerprint density at radius 3 is 1.30 bits per heavy atom. The van der Waals surface area contributed by atoms with E-state index in [-0.39, 0.29) is 23.7 Å². The highest BCUT2D eigenvalue weighted by molar-refractivity contribution is 7.99. The molecule has 1 aliphatic rings. The number of anilines is 6. The van der Waals surface area contributed by atoms with Gasteiger partial charge in [0.25, 0.3) is 11.8 Å². The molecule has 5 heterocycles. The summed E-state index contributed by atoms with van der Waals surface area (Å²) in [6, 6.07) is 34.6. The van der Waals surface area contributed by atoms with Crippen molar-refractivity contribution in [1.82, 2.24) is 39.7 Å². The van der Waals surface area contributed by atoms with E-state index in [2.05, 4.69) is 58.3 Å². The molecule has 4 aromatic carbocycles. The SMILES string of the molecule is CC(C)c1ccc2c(Nc3cc(C(=O)N4CCN(C(=O)c5ccc(Sc6ccc(N)cc6)c(Nc6ncnc7nc(C(C)C)ccc67)c5)CC4)ccc3Sc3ccc(N)cc3)ncnc2n1. The van der Waals surface area contributed by atoms with Gasteiger partial charge in [-0.05, 0) is 121 Å². The molecule has 2 amide bonds. The van der Waals surface area contributed by atoms with Gasteiger partial charge in [0, 0.05) is 79.7 Å². The Bertz CT molecular complexity index is 2880. The number of nitrogens with one attached hydrogen (secondary N) is 2. The molecule has 8 aromatic rings. The summed E-state index contributed by atoms with van der Waals surface area (Å²) < 4.78 is 0. The van der Waals surface area contributed by atoms with Crippen LogP contribution in [0.25, 0.3) is 22.1 Å². The van der Waals surface area contributed by atoms with E-state index in [0.29, 0.717) is 83.0 Å². The average molecular weight is 913 g/mol. The van der Waals surface area contributed by atoms with Crippen LogP contribution < -0.4 is 22.1 Å². The van der Waals surface area contributed by atoms with E-state index in [4.69, 9.17) is 21.4 Å². The molecule has 66 heavy (non-hydrogen) atoms. The Morgan fingerprint density at radius 1 is 0.530 bits per heavy atom. The van der Waals surface area contributed by atoms with Crippen LogP contribution in [-0.2, 0) is 0 Å². The number of fused-ring (bicyclic) bond motifs is 2. The summed E-state index contributed by atoms with van der Waals surface area (Å²) in [6.07, 6.45) is 2.99. The van der Waals surface area contributed by atoms with Crippen LogP contribution in [0.5, 0.6) is 0 Å². The first-order valence-electron chi connectivity index (χ1n) is 21.7. The molecule has 1 saturated heterocycles. The molecule has 6 N–H and O–H groups in total. The van der Waals surface area contributed by atoms with Crippen LogP contribution in [0.3, 0.4) is 0 Å². The third kappa shape index (κ3) is 9.70. The minimum absolute atomic E-state index is 0.132. The lowest BCUT2D eigenvalue weighted by molar-refractivity contribution is 0.0535. The first-order chi connectivity index (χ1) is 31.9. The standard InChI is InChI=1S/C50H48N12O2S2/c1-29(2)39-17-15-37-45(57-39)53-27-55-47(37)59-41-25-31(5-19-43(41)65-35-11-7-33(51)8-12-35)49(63)61-21-23-62(24-22-61)50(64)32-6-20-44(66-36-13-9-34(52)10-14-36)42(26-32)60-48-38-16-18-40(30(3)4)58-46(38)54-28-56-48/h5-20,25-30H,21-24,51-52H2,1-4H3,(H,53,55,57,59)(H,54,56,58,60). The lowest BCUT2D eigenvalue weighted by Crippen LogP contribution is -2.50. The van der Waals surface area contributed by atoms with Crippen LogP contribution in [0.15, 0.2) is 141 Å². The van der Waals surface area contributed by atoms with Gasteiger partial charge in [0.05, 0.1) is 22.1 Å². The molecule has 332 valence electrons. The molecule has 0 spiro atoms. The number of carbonyl (C=O) groups is 2. The van der Waals surface area contributed by atoms with E-state index in [9.17, 15) is 9.59 Å². The zero-order valence-electron chi connectivity index (χ0n) is 36.9. The number of hydrogen-bond donors (Lipinski definition) is 4. The van der Waals surface area contributed by atoms with E-state index < -0.39 is 0 Å². The van der Waals surface area contributed by atoms with Gasteiger partial charge >= 0.3 is 0 Å². The van der Waals surface area contributed by atoms with E-state index >= 15 is 0 Å². The molecule has 14 nitrogen and oxygen atoms in total. The van der Waals surface area contributed by atoms with Crippen LogP contribution in [0.2, 0.25) is 0 Å². The number of rotatable bonds is 12. The van der Waals surface area contributed by atoms with Crippen LogP contribution in [0, 0.1) is 0 Å². The normalized spacial score (nSPS) is 12.9. The number of aromatic nitrogens is 6. The Labute approximate surface area is 391 Å². The van der Waals surface area contributed by atoms with Crippen molar-refractivity contribution in [2.24, 2.45) is 0 Å². The smallest absolute Gasteiger partial charge is 0.254 e. The van der Waals surface area contributed by atoms with Gasteiger partial charge in [0.1, 0.15) is 24.3 Å². The number of nitrogen functional groups attached to an aromatic ring is 2. The van der Waals surface area contributed by atoms with Gasteiger partial charge in [-0.25, -0.2) is 29.9 Å². The van der Waals surface area contributed by atoms with Crippen molar-refractivity contribution in [1.29, 1.82) is 0 Å². The zero-order chi connectivity index (χ0) is 45.9. The fourth-order valence-corrected chi connectivity index (χ4v) is 9.28. The molecule has 0 bridgehead atoms. The van der Waals surface area contributed by atoms with Gasteiger partial charge in [-0.1, -0.05) is 51.2 Å². The number of benzene rings is 4. The van der Waals surface area contributed by atoms with Crippen molar-refractivity contribution in [2.45, 2.75) is 59.1 Å². The maximum absolute atomic E-state index is 14.2. The van der Waals surface area contributed by atoms with Gasteiger partial charge in [0.15, 0.2) is 11.3 Å². The van der Waals surface area contributed by atoms with E-state index in [1.165, 1.54) is 12.7 Å². The first kappa shape index (κ1) is 43.9. The average Bonchev–Trinajstić information content (AvgIpc) is 3.33. The summed E-state index contributed by atoms with van der Waals surface area (Å²) in [5, 5.41) is 8.54. The summed E-state index contributed by atoms with van der Waals surface area (Å²) >= 11 is 3.10. The monoisotopic (exact) mass is 912 g/mol. The van der Waals surface area contributed by atoms with E-state index in [0.717, 1.165) is 41.7 Å². The summed E-state index contributed by atoms with van der Waals surface area (Å²) in [6.45, 7) is 9.83. The highest BCUT2D eigenvalue weighted by Gasteiger charge is 2.27. The molecule has 4 aromatic heterocycles. The lowest BCUT2D eigenvalue weighted by atomic mass is 10.1. The van der Waals surface area contributed by atoms with Gasteiger partial charge in [0.2, 0.25) is 0 Å². The van der Waals surface area contributed by atoms with Crippen molar-refractivity contribution in [3.8, 4) is 0 Å². The number of piperazine rings is 1. The Hall–Kier alpha value is -7.30. The maximum Gasteiger partial charge on any atom is 0.254 e. The topological polar surface area (TPSA) is 194 Å². The van der Waals surface area contributed by atoms with Crippen molar-refractivity contribution >= 4 is 91.8 Å². The fourth-order valence-electron chi connectivity index (χ4n) is 7.51. The second-order valence-corrected chi connectivity index (χ2v) is 18.8. The highest BCUT2D eigenvalue weighted by Crippen LogP contribution is 2.39. The maximum atomic E-state index is 14.2. The molecule has 0 unspecified atom stereocenters. The summed E-state index contributed by atoms with van der Waals surface area (Å²) in [4.78, 5) is 63.4. The number of pyridine rings is 2. The Balaban J connectivity index is 0.945. The minimum atomic E-state index is -0.132. The second kappa shape index (κ2) is 19.0. The number of carbonyl (C=O) groups excluding carboxylic acids is 2. The quantitative estimate of drug-likeness (QED) is 0.0846. The fraction of sp³-hybridized carbons (Fsp3) is 0.200. The number of amides is 2. The van der Waals surface area contributed by atoms with Crippen molar-refractivity contribution in [2.75, 3.05) is 48.3 Å². The Kier molecular flexibility index (Phi) is 12.7. The molecular weight excluding hydrogens is 865 g/mol. The van der Waals surface area contributed by atoms with Gasteiger partial charge in [-0.2, -0.15) is 0 Å². The number of nitrogens with zero attached hydrogens (tertiary/aromatic N) is 8. The van der Waals surface area contributed by atoms with Gasteiger partial charge < -0.3 is 31.9 Å². The molecule has 0 aliphatic carbocycles. The second-order valence-electron chi connectivity index (χ2n) is 16.6. The summed E-state index contributed by atoms with van der Waals surface area (Å²) in [5.74, 6) is 1.38. The van der Waals surface area contributed by atoms with Crippen LogP contribution in [-0.4, -0.2) is 77.7 Å². The molecule has 16 heteroatoms. The molecule has 0 radical (unpaired) electrons. The van der Waals surface area contributed by atoms with E-state index in [1.807, 2.05) is 109 Å². The third-order valence-corrected chi connectivity index (χ3v) is 13.4. The number of hydrogen-bond acceptors (Lipinski definition) is 14. The van der Waals surface area contributed by atoms with Crippen LogP contribution >= 0.6 is 23.5 Å². The van der Waals surface area contributed by atoms with Crippen molar-refractivity contribution in [3.63, 3.8) is 0 Å². The molecule has 0 atom stereocenters. The minimum Gasteiger partial charge on any atom is -0.399 e. The predicted octanol–water partition coefficient (Wildman–Crippen LogP) is 10.2. The number of nitrogens with two attached hydrogens (primary N) is 2. The zero-order valence-corrected chi connectivity index (χ0v) is 38.5. The summed E-state index contributed by atoms with van der Waals surface area (Å²) in [7, 11) is 0. The van der Waals surface area contributed by atoms with Crippen LogP contribution in [0.1, 0.15) is 71.6 Å².